The molecule has 3 N–H and O–H groups in total. The van der Waals surface area contributed by atoms with E-state index < -0.39 is 0 Å². The van der Waals surface area contributed by atoms with Gasteiger partial charge in [-0.05, 0) is 17.7 Å². The van der Waals surface area contributed by atoms with E-state index in [1.54, 1.807) is 6.20 Å². The van der Waals surface area contributed by atoms with Gasteiger partial charge < -0.3 is 15.6 Å². The summed E-state index contributed by atoms with van der Waals surface area (Å²) < 4.78 is 0. The van der Waals surface area contributed by atoms with Crippen LogP contribution in [0.15, 0.2) is 24.5 Å². The van der Waals surface area contributed by atoms with Gasteiger partial charge in [0.05, 0.1) is 0 Å². The number of nitrogens with zero attached hydrogens (tertiary/aromatic N) is 1. The minimum Gasteiger partial charge on any atom is -0.355 e. The molecule has 0 saturated carbocycles. The monoisotopic (exact) mass is 232 g/mol. The van der Waals surface area contributed by atoms with E-state index in [4.69, 9.17) is 0 Å². The lowest BCUT2D eigenvalue weighted by molar-refractivity contribution is -0.118. The van der Waals surface area contributed by atoms with Crippen molar-refractivity contribution in [2.45, 2.75) is 13.5 Å². The molecule has 17 heavy (non-hydrogen) atoms. The zero-order chi connectivity index (χ0) is 12.1. The standard InChI is InChI=1S/C12H16N4O/c1-9(17)14-6-5-13-7-10-8-16-12-11(10)3-2-4-15-12/h2-4,8,13H,5-7H2,1H3,(H,14,17)(H,15,16). The molecule has 2 aromatic heterocycles. The Morgan fingerprint density at radius 2 is 2.35 bits per heavy atom. The topological polar surface area (TPSA) is 69.8 Å². The van der Waals surface area contributed by atoms with Crippen molar-refractivity contribution >= 4 is 16.9 Å². The summed E-state index contributed by atoms with van der Waals surface area (Å²) in [6.45, 7) is 3.69. The van der Waals surface area contributed by atoms with Crippen LogP contribution >= 0.6 is 0 Å². The molecule has 2 heterocycles. The Hall–Kier alpha value is -1.88. The fourth-order valence-electron chi connectivity index (χ4n) is 1.71. The summed E-state index contributed by atoms with van der Waals surface area (Å²) in [6, 6.07) is 3.97. The van der Waals surface area contributed by atoms with Crippen LogP contribution in [0.3, 0.4) is 0 Å². The summed E-state index contributed by atoms with van der Waals surface area (Å²) >= 11 is 0. The van der Waals surface area contributed by atoms with Crippen LogP contribution in [0.1, 0.15) is 12.5 Å². The first-order valence-corrected chi connectivity index (χ1v) is 5.63. The van der Waals surface area contributed by atoms with E-state index in [0.717, 1.165) is 24.1 Å². The fraction of sp³-hybridized carbons (Fsp3) is 0.333. The van der Waals surface area contributed by atoms with Crippen LogP contribution in [0.4, 0.5) is 0 Å². The molecule has 0 aliphatic rings. The molecular weight excluding hydrogens is 216 g/mol. The molecule has 0 aromatic carbocycles. The normalized spacial score (nSPS) is 10.6. The van der Waals surface area contributed by atoms with Crippen molar-refractivity contribution in [2.75, 3.05) is 13.1 Å². The molecule has 0 saturated heterocycles. The molecule has 2 aromatic rings. The maximum atomic E-state index is 10.7. The number of carbonyl (C=O) groups excluding carboxylic acids is 1. The highest BCUT2D eigenvalue weighted by Gasteiger charge is 2.02. The molecule has 0 bridgehead atoms. The summed E-state index contributed by atoms with van der Waals surface area (Å²) in [5.74, 6) is 0.00287. The summed E-state index contributed by atoms with van der Waals surface area (Å²) in [5.41, 5.74) is 2.10. The summed E-state index contributed by atoms with van der Waals surface area (Å²) in [5, 5.41) is 7.15. The van der Waals surface area contributed by atoms with Crippen molar-refractivity contribution in [3.8, 4) is 0 Å². The maximum Gasteiger partial charge on any atom is 0.216 e. The highest BCUT2D eigenvalue weighted by Crippen LogP contribution is 2.14. The van der Waals surface area contributed by atoms with Crippen LogP contribution in [0.5, 0.6) is 0 Å². The van der Waals surface area contributed by atoms with E-state index in [1.807, 2.05) is 18.3 Å². The minimum atomic E-state index is 0.00287. The van der Waals surface area contributed by atoms with Crippen LogP contribution in [0, 0.1) is 0 Å². The predicted molar refractivity (Wildman–Crippen MR) is 66.5 cm³/mol. The van der Waals surface area contributed by atoms with Gasteiger partial charge in [-0.1, -0.05) is 0 Å². The van der Waals surface area contributed by atoms with Gasteiger partial charge in [-0.25, -0.2) is 4.98 Å². The summed E-state index contributed by atoms with van der Waals surface area (Å²) in [6.07, 6.45) is 3.73. The van der Waals surface area contributed by atoms with Gasteiger partial charge in [0.1, 0.15) is 5.65 Å². The van der Waals surface area contributed by atoms with Crippen LogP contribution in [-0.2, 0) is 11.3 Å². The lowest BCUT2D eigenvalue weighted by Crippen LogP contribution is -2.29. The molecule has 0 spiro atoms. The number of pyridine rings is 1. The molecule has 5 nitrogen and oxygen atoms in total. The molecule has 5 heteroatoms. The van der Waals surface area contributed by atoms with Crippen LogP contribution in [-0.4, -0.2) is 29.0 Å². The summed E-state index contributed by atoms with van der Waals surface area (Å²) in [4.78, 5) is 18.0. The first-order chi connectivity index (χ1) is 8.27. The Labute approximate surface area is 99.6 Å². The maximum absolute atomic E-state index is 10.7. The minimum absolute atomic E-state index is 0.00287. The van der Waals surface area contributed by atoms with Crippen LogP contribution in [0.25, 0.3) is 11.0 Å². The van der Waals surface area contributed by atoms with Crippen molar-refractivity contribution in [1.29, 1.82) is 0 Å². The van der Waals surface area contributed by atoms with Crippen LogP contribution < -0.4 is 10.6 Å². The van der Waals surface area contributed by atoms with E-state index in [2.05, 4.69) is 20.6 Å². The zero-order valence-corrected chi connectivity index (χ0v) is 9.79. The Balaban J connectivity index is 1.85. The zero-order valence-electron chi connectivity index (χ0n) is 9.79. The molecule has 2 rings (SSSR count). The van der Waals surface area contributed by atoms with Crippen molar-refractivity contribution in [2.24, 2.45) is 0 Å². The molecule has 1 amide bonds. The quantitative estimate of drug-likeness (QED) is 0.667. The first kappa shape index (κ1) is 11.6. The van der Waals surface area contributed by atoms with Gasteiger partial charge in [0, 0.05) is 44.3 Å². The van der Waals surface area contributed by atoms with E-state index in [0.29, 0.717) is 6.54 Å². The Morgan fingerprint density at radius 3 is 3.18 bits per heavy atom. The second kappa shape index (κ2) is 5.45. The van der Waals surface area contributed by atoms with Gasteiger partial charge in [0.15, 0.2) is 0 Å². The Kier molecular flexibility index (Phi) is 3.72. The fourth-order valence-corrected chi connectivity index (χ4v) is 1.71. The third-order valence-electron chi connectivity index (χ3n) is 2.53. The van der Waals surface area contributed by atoms with Crippen molar-refractivity contribution in [1.82, 2.24) is 20.6 Å². The van der Waals surface area contributed by atoms with E-state index in [1.165, 1.54) is 12.5 Å². The Bertz CT molecular complexity index is 506. The number of fused-ring (bicyclic) bond motifs is 1. The van der Waals surface area contributed by atoms with Crippen molar-refractivity contribution in [3.05, 3.63) is 30.1 Å². The number of carbonyl (C=O) groups is 1. The average Bonchev–Trinajstić information content (AvgIpc) is 2.72. The number of H-pyrrole nitrogens is 1. The third-order valence-corrected chi connectivity index (χ3v) is 2.53. The molecule has 90 valence electrons. The second-order valence-corrected chi connectivity index (χ2v) is 3.87. The second-order valence-electron chi connectivity index (χ2n) is 3.87. The lowest BCUT2D eigenvalue weighted by atomic mass is 10.2. The number of aromatic nitrogens is 2. The smallest absolute Gasteiger partial charge is 0.216 e. The van der Waals surface area contributed by atoms with Gasteiger partial charge in [-0.3, -0.25) is 4.79 Å². The predicted octanol–water partition coefficient (Wildman–Crippen LogP) is 0.789. The molecule has 0 atom stereocenters. The lowest BCUT2D eigenvalue weighted by Gasteiger charge is -2.04. The number of amides is 1. The Morgan fingerprint density at radius 1 is 1.47 bits per heavy atom. The van der Waals surface area contributed by atoms with Gasteiger partial charge in [-0.15, -0.1) is 0 Å². The molecular formula is C12H16N4O. The van der Waals surface area contributed by atoms with Crippen molar-refractivity contribution < 1.29 is 4.79 Å². The molecule has 0 radical (unpaired) electrons. The third kappa shape index (κ3) is 3.04. The SMILES string of the molecule is CC(=O)NCCNCc1c[nH]c2ncccc12. The molecule has 0 fully saturated rings. The number of rotatable bonds is 5. The number of hydrogen-bond donors (Lipinski definition) is 3. The molecule has 0 aliphatic carbocycles. The number of nitrogens with one attached hydrogen (secondary N) is 3. The number of aromatic amines is 1. The van der Waals surface area contributed by atoms with Gasteiger partial charge in [0.2, 0.25) is 5.91 Å². The molecule has 0 unspecified atom stereocenters. The van der Waals surface area contributed by atoms with E-state index in [-0.39, 0.29) is 5.91 Å². The van der Waals surface area contributed by atoms with Crippen molar-refractivity contribution in [3.63, 3.8) is 0 Å². The van der Waals surface area contributed by atoms with Gasteiger partial charge in [0.25, 0.3) is 0 Å². The highest BCUT2D eigenvalue weighted by atomic mass is 16.1. The van der Waals surface area contributed by atoms with Gasteiger partial charge >= 0.3 is 0 Å². The number of hydrogen-bond acceptors (Lipinski definition) is 3. The summed E-state index contributed by atoms with van der Waals surface area (Å²) in [7, 11) is 0. The largest absolute Gasteiger partial charge is 0.355 e. The first-order valence-electron chi connectivity index (χ1n) is 5.63. The van der Waals surface area contributed by atoms with E-state index >= 15 is 0 Å². The highest BCUT2D eigenvalue weighted by molar-refractivity contribution is 5.79. The van der Waals surface area contributed by atoms with Gasteiger partial charge in [-0.2, -0.15) is 0 Å². The average molecular weight is 232 g/mol. The van der Waals surface area contributed by atoms with E-state index in [9.17, 15) is 4.79 Å². The van der Waals surface area contributed by atoms with Crippen LogP contribution in [0.2, 0.25) is 0 Å². The molecule has 0 aliphatic heterocycles.